The summed E-state index contributed by atoms with van der Waals surface area (Å²) in [6.07, 6.45) is 0. The standard InChI is InChI=1S/C14H19O4.HI.Zn/c1-2-13-10-14(3-1)12-18-9-7-16-5-4-15-6-8-17-11-13;;/h2-3,10H,4-9,11-12H2;1H;/q-1;;+2/p-1. The van der Waals surface area contributed by atoms with Gasteiger partial charge in [-0.25, -0.2) is 0 Å². The first-order chi connectivity index (χ1) is 9.95. The first-order valence-corrected chi connectivity index (χ1v) is 15.6. The molecule has 6 heteroatoms. The third-order valence-corrected chi connectivity index (χ3v) is 2.56. The number of rotatable bonds is 0. The summed E-state index contributed by atoms with van der Waals surface area (Å²) in [4.78, 5) is 0. The van der Waals surface area contributed by atoms with Gasteiger partial charge in [0.1, 0.15) is 0 Å². The predicted octanol–water partition coefficient (Wildman–Crippen LogP) is 2.45. The van der Waals surface area contributed by atoms with Gasteiger partial charge in [-0.15, -0.1) is 11.1 Å². The van der Waals surface area contributed by atoms with E-state index >= 15 is 0 Å². The monoisotopic (exact) mass is 442 g/mol. The molecule has 1 aromatic carbocycles. The van der Waals surface area contributed by atoms with Gasteiger partial charge >= 0.3 is 34.5 Å². The van der Waals surface area contributed by atoms with Crippen LogP contribution >= 0.6 is 19.8 Å². The van der Waals surface area contributed by atoms with Gasteiger partial charge in [-0.1, -0.05) is 0 Å². The van der Waals surface area contributed by atoms with Crippen LogP contribution in [0.1, 0.15) is 11.1 Å². The van der Waals surface area contributed by atoms with Crippen molar-refractivity contribution in [2.75, 3.05) is 39.6 Å². The Labute approximate surface area is 141 Å². The van der Waals surface area contributed by atoms with Crippen LogP contribution in [0.2, 0.25) is 0 Å². The van der Waals surface area contributed by atoms with Crippen LogP contribution in [0.15, 0.2) is 18.2 Å². The molecule has 1 aliphatic heterocycles. The molecule has 0 spiro atoms. The molecule has 0 amide bonds. The number of halogens is 1. The van der Waals surface area contributed by atoms with E-state index in [0.717, 1.165) is 11.1 Å². The van der Waals surface area contributed by atoms with E-state index in [2.05, 4.69) is 31.9 Å². The average Bonchev–Trinajstić information content (AvgIpc) is 2.51. The van der Waals surface area contributed by atoms with Crippen LogP contribution in [0.5, 0.6) is 0 Å². The third-order valence-electron chi connectivity index (χ3n) is 2.56. The minimum absolute atomic E-state index is 0.587. The van der Waals surface area contributed by atoms with Crippen LogP contribution in [0.3, 0.4) is 0 Å². The second kappa shape index (κ2) is 13.1. The molecule has 20 heavy (non-hydrogen) atoms. The Morgan fingerprint density at radius 3 is 1.60 bits per heavy atom. The quantitative estimate of drug-likeness (QED) is 0.351. The van der Waals surface area contributed by atoms with Crippen molar-refractivity contribution in [2.24, 2.45) is 0 Å². The van der Waals surface area contributed by atoms with E-state index < -0.39 is 0 Å². The summed E-state index contributed by atoms with van der Waals surface area (Å²) < 4.78 is 21.8. The van der Waals surface area contributed by atoms with Crippen molar-refractivity contribution in [3.63, 3.8) is 0 Å². The fraction of sp³-hybridized carbons (Fsp3) is 0.571. The van der Waals surface area contributed by atoms with Crippen LogP contribution < -0.4 is 0 Å². The summed E-state index contributed by atoms with van der Waals surface area (Å²) in [5.41, 5.74) is 2.23. The van der Waals surface area contributed by atoms with Gasteiger partial charge in [-0.2, -0.15) is 24.3 Å². The van der Waals surface area contributed by atoms with Crippen LogP contribution in [0.4, 0.5) is 0 Å². The van der Waals surface area contributed by atoms with E-state index in [4.69, 9.17) is 18.9 Å². The van der Waals surface area contributed by atoms with Gasteiger partial charge in [0.15, 0.2) is 0 Å². The van der Waals surface area contributed by atoms with E-state index in [9.17, 15) is 0 Å². The minimum atomic E-state index is 0.587. The molecule has 0 radical (unpaired) electrons. The molecule has 0 unspecified atom stereocenters. The molecule has 0 saturated heterocycles. The molecule has 108 valence electrons. The van der Waals surface area contributed by atoms with Crippen LogP contribution in [0, 0.1) is 6.07 Å². The Hall–Kier alpha value is 0.413. The molecule has 0 fully saturated rings. The van der Waals surface area contributed by atoms with Gasteiger partial charge < -0.3 is 18.9 Å². The fourth-order valence-corrected chi connectivity index (χ4v) is 1.68. The van der Waals surface area contributed by atoms with Crippen LogP contribution in [-0.4, -0.2) is 39.6 Å². The zero-order chi connectivity index (χ0) is 14.5. The molecule has 0 N–H and O–H groups in total. The first kappa shape index (κ1) is 18.5. The van der Waals surface area contributed by atoms with Gasteiger partial charge in [0.05, 0.1) is 39.6 Å². The van der Waals surface area contributed by atoms with Crippen molar-refractivity contribution in [2.45, 2.75) is 13.2 Å². The average molecular weight is 444 g/mol. The molecule has 1 aliphatic rings. The van der Waals surface area contributed by atoms with E-state index in [1.165, 1.54) is 14.8 Å². The minimum Gasteiger partial charge on any atom is -0.387 e. The Bertz CT molecular complexity index is 322. The van der Waals surface area contributed by atoms with Gasteiger partial charge in [0, 0.05) is 13.2 Å². The van der Waals surface area contributed by atoms with Crippen molar-refractivity contribution in [1.29, 1.82) is 0 Å². The summed E-state index contributed by atoms with van der Waals surface area (Å²) in [7, 11) is 0. The van der Waals surface area contributed by atoms with E-state index in [1.807, 2.05) is 12.1 Å². The zero-order valence-corrected chi connectivity index (χ0v) is 16.7. The molecular weight excluding hydrogens is 424 g/mol. The second-order valence-corrected chi connectivity index (χ2v) is 4.08. The fourth-order valence-electron chi connectivity index (χ4n) is 1.68. The van der Waals surface area contributed by atoms with Crippen molar-refractivity contribution < 1.29 is 33.7 Å². The van der Waals surface area contributed by atoms with Crippen molar-refractivity contribution in [1.82, 2.24) is 0 Å². The first-order valence-electron chi connectivity index (χ1n) is 6.52. The topological polar surface area (TPSA) is 36.9 Å². The SMILES string of the molecule is [Zn+][I].[c-]1cc2cc(c1)COCCOCCOCCOC2. The second-order valence-electron chi connectivity index (χ2n) is 4.08. The van der Waals surface area contributed by atoms with Crippen LogP contribution in [-0.2, 0) is 46.9 Å². The maximum atomic E-state index is 5.52. The van der Waals surface area contributed by atoms with Gasteiger partial charge in [0.25, 0.3) is 0 Å². The molecule has 2 bridgehead atoms. The Kier molecular flexibility index (Phi) is 12.1. The molecule has 2 rings (SSSR count). The Balaban J connectivity index is 0.000000956. The van der Waals surface area contributed by atoms with Crippen molar-refractivity contribution in [3.05, 3.63) is 35.4 Å². The van der Waals surface area contributed by atoms with E-state index in [1.54, 1.807) is 0 Å². The maximum Gasteiger partial charge on any atom is 0.0701 e. The third kappa shape index (κ3) is 8.65. The number of benzene rings is 1. The number of fused-ring (bicyclic) bond motifs is 2. The molecule has 1 aromatic rings. The Morgan fingerprint density at radius 1 is 0.750 bits per heavy atom. The summed E-state index contributed by atoms with van der Waals surface area (Å²) in [5, 5.41) is 0. The summed E-state index contributed by atoms with van der Waals surface area (Å²) in [6.45, 7) is 4.78. The summed E-state index contributed by atoms with van der Waals surface area (Å²) in [6, 6.07) is 9.05. The van der Waals surface area contributed by atoms with E-state index in [0.29, 0.717) is 52.9 Å². The van der Waals surface area contributed by atoms with Crippen LogP contribution in [0.25, 0.3) is 0 Å². The van der Waals surface area contributed by atoms with Gasteiger partial charge in [0.2, 0.25) is 0 Å². The largest absolute Gasteiger partial charge is 0.387 e. The summed E-state index contributed by atoms with van der Waals surface area (Å²) >= 11 is 3.62. The summed E-state index contributed by atoms with van der Waals surface area (Å²) in [5.74, 6) is 0. The molecule has 4 nitrogen and oxygen atoms in total. The molecule has 0 saturated carbocycles. The molecule has 1 heterocycles. The molecule has 0 aromatic heterocycles. The molecule has 0 aliphatic carbocycles. The molecular formula is C14H19IO4Zn. The van der Waals surface area contributed by atoms with Gasteiger partial charge in [-0.05, 0) is 0 Å². The van der Waals surface area contributed by atoms with E-state index in [-0.39, 0.29) is 0 Å². The number of ether oxygens (including phenoxy) is 4. The predicted molar refractivity (Wildman–Crippen MR) is 80.2 cm³/mol. The zero-order valence-electron chi connectivity index (χ0n) is 11.6. The van der Waals surface area contributed by atoms with Crippen molar-refractivity contribution >= 4 is 19.8 Å². The Morgan fingerprint density at radius 2 is 1.15 bits per heavy atom. The maximum absolute atomic E-state index is 5.52. The number of hydrogen-bond donors (Lipinski definition) is 0. The normalized spacial score (nSPS) is 18.1. The molecule has 0 atom stereocenters. The smallest absolute Gasteiger partial charge is 0.0701 e. The number of hydrogen-bond acceptors (Lipinski definition) is 4. The van der Waals surface area contributed by atoms with Crippen molar-refractivity contribution in [3.8, 4) is 0 Å². The van der Waals surface area contributed by atoms with Gasteiger partial charge in [-0.3, -0.25) is 0 Å².